The first kappa shape index (κ1) is 12.6. The number of nitrogens with zero attached hydrogens (tertiary/aromatic N) is 3. The molecule has 0 aromatic rings. The summed E-state index contributed by atoms with van der Waals surface area (Å²) in [6.45, 7) is 6.67. The van der Waals surface area contributed by atoms with Crippen molar-refractivity contribution in [1.82, 2.24) is 9.80 Å². The zero-order chi connectivity index (χ0) is 12.3. The van der Waals surface area contributed by atoms with E-state index in [9.17, 15) is 0 Å². The predicted molar refractivity (Wildman–Crippen MR) is 68.3 cm³/mol. The third-order valence-corrected chi connectivity index (χ3v) is 4.12. The average molecular weight is 240 g/mol. The lowest BCUT2D eigenvalue weighted by Crippen LogP contribution is -2.48. The van der Waals surface area contributed by atoms with Gasteiger partial charge in [-0.3, -0.25) is 9.80 Å². The van der Waals surface area contributed by atoms with Gasteiger partial charge in [0.05, 0.1) is 6.04 Å². The van der Waals surface area contributed by atoms with E-state index in [1.165, 1.54) is 32.4 Å². The Morgan fingerprint density at radius 2 is 2.18 bits per heavy atom. The van der Waals surface area contributed by atoms with E-state index in [0.717, 1.165) is 19.5 Å². The molecule has 2 unspecified atom stereocenters. The SMILES string of the molecule is CCC(C(N)=NO)N1CCCN2CCCC2C1. The van der Waals surface area contributed by atoms with Crippen LogP contribution in [0.25, 0.3) is 0 Å². The highest BCUT2D eigenvalue weighted by atomic mass is 16.4. The molecule has 17 heavy (non-hydrogen) atoms. The van der Waals surface area contributed by atoms with Crippen molar-refractivity contribution in [3.05, 3.63) is 0 Å². The standard InChI is InChI=1S/C12H24N4O/c1-2-11(12(13)14-17)16-8-4-7-15-6-3-5-10(15)9-16/h10-11,17H,2-9H2,1H3,(H2,13,14). The maximum Gasteiger partial charge on any atom is 0.156 e. The predicted octanol–water partition coefficient (Wildman–Crippen LogP) is 0.682. The summed E-state index contributed by atoms with van der Waals surface area (Å²) in [5.41, 5.74) is 5.79. The van der Waals surface area contributed by atoms with Gasteiger partial charge in [-0.15, -0.1) is 0 Å². The third kappa shape index (κ3) is 2.72. The minimum Gasteiger partial charge on any atom is -0.409 e. The summed E-state index contributed by atoms with van der Waals surface area (Å²) in [4.78, 5) is 4.99. The number of oxime groups is 1. The van der Waals surface area contributed by atoms with Gasteiger partial charge in [-0.25, -0.2) is 0 Å². The average Bonchev–Trinajstić information content (AvgIpc) is 2.68. The number of amidine groups is 1. The molecule has 0 aromatic carbocycles. The molecule has 2 atom stereocenters. The fourth-order valence-corrected chi connectivity index (χ4v) is 3.24. The molecule has 2 aliphatic rings. The van der Waals surface area contributed by atoms with Crippen LogP contribution in [0, 0.1) is 0 Å². The maximum absolute atomic E-state index is 8.85. The van der Waals surface area contributed by atoms with E-state index >= 15 is 0 Å². The fraction of sp³-hybridized carbons (Fsp3) is 0.917. The van der Waals surface area contributed by atoms with Crippen molar-refractivity contribution in [2.75, 3.05) is 26.2 Å². The van der Waals surface area contributed by atoms with Crippen LogP contribution < -0.4 is 5.73 Å². The van der Waals surface area contributed by atoms with Gasteiger partial charge in [0.1, 0.15) is 0 Å². The lowest BCUT2D eigenvalue weighted by Gasteiger charge is -2.31. The minimum absolute atomic E-state index is 0.0977. The highest BCUT2D eigenvalue weighted by Crippen LogP contribution is 2.22. The van der Waals surface area contributed by atoms with Crippen LogP contribution in [0.2, 0.25) is 0 Å². The number of hydrogen-bond donors (Lipinski definition) is 2. The molecular formula is C12H24N4O. The van der Waals surface area contributed by atoms with Crippen molar-refractivity contribution < 1.29 is 5.21 Å². The first-order chi connectivity index (χ1) is 8.26. The second-order valence-electron chi connectivity index (χ2n) is 5.13. The summed E-state index contributed by atoms with van der Waals surface area (Å²) < 4.78 is 0. The van der Waals surface area contributed by atoms with Crippen LogP contribution >= 0.6 is 0 Å². The Labute approximate surface area is 103 Å². The van der Waals surface area contributed by atoms with Gasteiger partial charge in [0.15, 0.2) is 5.84 Å². The summed E-state index contributed by atoms with van der Waals surface area (Å²) in [5.74, 6) is 0.360. The van der Waals surface area contributed by atoms with Crippen LogP contribution in [0.4, 0.5) is 0 Å². The van der Waals surface area contributed by atoms with E-state index in [4.69, 9.17) is 10.9 Å². The summed E-state index contributed by atoms with van der Waals surface area (Å²) in [6, 6.07) is 0.776. The molecular weight excluding hydrogens is 216 g/mol. The second-order valence-corrected chi connectivity index (χ2v) is 5.13. The maximum atomic E-state index is 8.85. The summed E-state index contributed by atoms with van der Waals surface area (Å²) >= 11 is 0. The smallest absolute Gasteiger partial charge is 0.156 e. The van der Waals surface area contributed by atoms with Crippen molar-refractivity contribution in [3.63, 3.8) is 0 Å². The molecule has 5 nitrogen and oxygen atoms in total. The van der Waals surface area contributed by atoms with Crippen molar-refractivity contribution in [1.29, 1.82) is 0 Å². The Morgan fingerprint density at radius 1 is 1.41 bits per heavy atom. The molecule has 3 N–H and O–H groups in total. The molecule has 2 saturated heterocycles. The van der Waals surface area contributed by atoms with Gasteiger partial charge in [-0.2, -0.15) is 0 Å². The van der Waals surface area contributed by atoms with Gasteiger partial charge in [0.2, 0.25) is 0 Å². The zero-order valence-corrected chi connectivity index (χ0v) is 10.7. The van der Waals surface area contributed by atoms with Crippen LogP contribution in [0.15, 0.2) is 5.16 Å². The van der Waals surface area contributed by atoms with Gasteiger partial charge in [-0.05, 0) is 38.8 Å². The van der Waals surface area contributed by atoms with E-state index in [1.54, 1.807) is 0 Å². The topological polar surface area (TPSA) is 65.1 Å². The van der Waals surface area contributed by atoms with Crippen molar-refractivity contribution in [2.24, 2.45) is 10.9 Å². The van der Waals surface area contributed by atoms with E-state index in [0.29, 0.717) is 11.9 Å². The minimum atomic E-state index is 0.0977. The van der Waals surface area contributed by atoms with Crippen LogP contribution in [0.5, 0.6) is 0 Å². The Bertz CT molecular complexity index is 282. The molecule has 2 aliphatic heterocycles. The quantitative estimate of drug-likeness (QED) is 0.329. The molecule has 2 rings (SSSR count). The fourth-order valence-electron chi connectivity index (χ4n) is 3.24. The molecule has 98 valence electrons. The monoisotopic (exact) mass is 240 g/mol. The Kier molecular flexibility index (Phi) is 4.23. The number of hydrogen-bond acceptors (Lipinski definition) is 4. The number of nitrogens with two attached hydrogens (primary N) is 1. The molecule has 0 bridgehead atoms. The van der Waals surface area contributed by atoms with Crippen LogP contribution in [-0.2, 0) is 0 Å². The summed E-state index contributed by atoms with van der Waals surface area (Å²) in [5, 5.41) is 12.0. The molecule has 0 spiro atoms. The second kappa shape index (κ2) is 5.69. The van der Waals surface area contributed by atoms with Gasteiger partial charge in [0, 0.05) is 19.1 Å². The molecule has 5 heteroatoms. The highest BCUT2D eigenvalue weighted by Gasteiger charge is 2.32. The van der Waals surface area contributed by atoms with E-state index in [-0.39, 0.29) is 6.04 Å². The van der Waals surface area contributed by atoms with Gasteiger partial charge in [0.25, 0.3) is 0 Å². The summed E-state index contributed by atoms with van der Waals surface area (Å²) in [6.07, 6.45) is 4.70. The molecule has 0 amide bonds. The van der Waals surface area contributed by atoms with Crippen LogP contribution in [0.3, 0.4) is 0 Å². The van der Waals surface area contributed by atoms with Crippen LogP contribution in [0.1, 0.15) is 32.6 Å². The highest BCUT2D eigenvalue weighted by molar-refractivity contribution is 5.85. The van der Waals surface area contributed by atoms with E-state index in [2.05, 4.69) is 21.9 Å². The van der Waals surface area contributed by atoms with Gasteiger partial charge in [-0.1, -0.05) is 12.1 Å². The lowest BCUT2D eigenvalue weighted by molar-refractivity contribution is 0.196. The Balaban J connectivity index is 2.04. The van der Waals surface area contributed by atoms with Crippen molar-refractivity contribution in [2.45, 2.75) is 44.7 Å². The largest absolute Gasteiger partial charge is 0.409 e. The first-order valence-electron chi connectivity index (χ1n) is 6.71. The third-order valence-electron chi connectivity index (χ3n) is 4.12. The van der Waals surface area contributed by atoms with Crippen molar-refractivity contribution in [3.8, 4) is 0 Å². The molecule has 2 fully saturated rings. The van der Waals surface area contributed by atoms with Crippen molar-refractivity contribution >= 4 is 5.84 Å². The molecule has 0 saturated carbocycles. The lowest BCUT2D eigenvalue weighted by atomic mass is 10.1. The summed E-state index contributed by atoms with van der Waals surface area (Å²) in [7, 11) is 0. The number of fused-ring (bicyclic) bond motifs is 1. The molecule has 0 radical (unpaired) electrons. The first-order valence-corrected chi connectivity index (χ1v) is 6.71. The molecule has 2 heterocycles. The zero-order valence-electron chi connectivity index (χ0n) is 10.7. The van der Waals surface area contributed by atoms with E-state index < -0.39 is 0 Å². The van der Waals surface area contributed by atoms with E-state index in [1.807, 2.05) is 0 Å². The Morgan fingerprint density at radius 3 is 2.88 bits per heavy atom. The van der Waals surface area contributed by atoms with Gasteiger partial charge < -0.3 is 10.9 Å². The molecule has 0 aromatic heterocycles. The molecule has 0 aliphatic carbocycles. The van der Waals surface area contributed by atoms with Gasteiger partial charge >= 0.3 is 0 Å². The number of rotatable bonds is 3. The van der Waals surface area contributed by atoms with Crippen LogP contribution in [-0.4, -0.2) is 59.1 Å². The Hall–Kier alpha value is -0.810. The normalized spacial score (nSPS) is 29.9.